The van der Waals surface area contributed by atoms with Crippen molar-refractivity contribution >= 4 is 5.69 Å². The summed E-state index contributed by atoms with van der Waals surface area (Å²) in [5.74, 6) is -1.17. The molecule has 0 amide bonds. The van der Waals surface area contributed by atoms with Gasteiger partial charge in [0.25, 0.3) is 0 Å². The van der Waals surface area contributed by atoms with Gasteiger partial charge in [-0.2, -0.15) is 0 Å². The van der Waals surface area contributed by atoms with Crippen molar-refractivity contribution in [1.82, 2.24) is 0 Å². The number of hydrogen-bond donors (Lipinski definition) is 1. The molecule has 1 N–H and O–H groups in total. The van der Waals surface area contributed by atoms with E-state index < -0.39 is 11.6 Å². The first-order valence-corrected chi connectivity index (χ1v) is 5.52. The molecule has 1 aromatic rings. The maximum absolute atomic E-state index is 12.9. The Kier molecular flexibility index (Phi) is 3.72. The third-order valence-corrected chi connectivity index (χ3v) is 2.77. The van der Waals surface area contributed by atoms with Crippen LogP contribution in [0.1, 0.15) is 12.8 Å². The molecule has 0 aromatic heterocycles. The van der Waals surface area contributed by atoms with Crippen LogP contribution >= 0.6 is 0 Å². The van der Waals surface area contributed by atoms with Crippen molar-refractivity contribution in [2.45, 2.75) is 12.8 Å². The van der Waals surface area contributed by atoms with Gasteiger partial charge in [0.05, 0.1) is 6.61 Å². The standard InChI is InChI=1S/C12H15F2NO/c13-11-4-3-10(6-12(11)14)15-7-9-2-1-5-16-8-9/h3-4,6,9,15H,1-2,5,7-8H2. The van der Waals surface area contributed by atoms with Gasteiger partial charge in [-0.1, -0.05) is 0 Å². The number of nitrogens with one attached hydrogen (secondary N) is 1. The SMILES string of the molecule is Fc1ccc(NCC2CCCOC2)cc1F. The minimum Gasteiger partial charge on any atom is -0.385 e. The van der Waals surface area contributed by atoms with E-state index >= 15 is 0 Å². The molecule has 1 heterocycles. The summed E-state index contributed by atoms with van der Waals surface area (Å²) in [7, 11) is 0. The van der Waals surface area contributed by atoms with Gasteiger partial charge >= 0.3 is 0 Å². The zero-order chi connectivity index (χ0) is 11.4. The largest absolute Gasteiger partial charge is 0.385 e. The highest BCUT2D eigenvalue weighted by Gasteiger charge is 2.13. The molecular formula is C12H15F2NO. The van der Waals surface area contributed by atoms with Gasteiger partial charge < -0.3 is 10.1 Å². The first kappa shape index (κ1) is 11.3. The lowest BCUT2D eigenvalue weighted by molar-refractivity contribution is 0.0595. The summed E-state index contributed by atoms with van der Waals surface area (Å²) in [6.07, 6.45) is 2.20. The fourth-order valence-electron chi connectivity index (χ4n) is 1.84. The van der Waals surface area contributed by atoms with Crippen LogP contribution < -0.4 is 5.32 Å². The topological polar surface area (TPSA) is 21.3 Å². The van der Waals surface area contributed by atoms with Crippen LogP contribution in [0.3, 0.4) is 0 Å². The van der Waals surface area contributed by atoms with E-state index in [0.29, 0.717) is 11.6 Å². The Bertz CT molecular complexity index is 351. The van der Waals surface area contributed by atoms with Crippen molar-refractivity contribution in [3.63, 3.8) is 0 Å². The lowest BCUT2D eigenvalue weighted by Crippen LogP contribution is -2.24. The minimum absolute atomic E-state index is 0.460. The summed E-state index contributed by atoms with van der Waals surface area (Å²) < 4.78 is 30.9. The van der Waals surface area contributed by atoms with Gasteiger partial charge in [0.15, 0.2) is 11.6 Å². The molecule has 0 saturated carbocycles. The van der Waals surface area contributed by atoms with Crippen LogP contribution in [0, 0.1) is 17.6 Å². The van der Waals surface area contributed by atoms with Gasteiger partial charge in [-0.25, -0.2) is 8.78 Å². The highest BCUT2D eigenvalue weighted by atomic mass is 19.2. The quantitative estimate of drug-likeness (QED) is 0.857. The molecule has 0 aliphatic carbocycles. The van der Waals surface area contributed by atoms with E-state index in [1.807, 2.05) is 0 Å². The van der Waals surface area contributed by atoms with E-state index in [0.717, 1.165) is 38.7 Å². The second-order valence-electron chi connectivity index (χ2n) is 4.09. The molecule has 1 unspecified atom stereocenters. The Morgan fingerprint density at radius 3 is 2.88 bits per heavy atom. The number of halogens is 2. The van der Waals surface area contributed by atoms with E-state index in [1.165, 1.54) is 6.07 Å². The van der Waals surface area contributed by atoms with Gasteiger partial charge in [-0.3, -0.25) is 0 Å². The van der Waals surface area contributed by atoms with Gasteiger partial charge in [0, 0.05) is 18.8 Å². The van der Waals surface area contributed by atoms with Crippen LogP contribution in [0.2, 0.25) is 0 Å². The normalized spacial score (nSPS) is 20.8. The van der Waals surface area contributed by atoms with Crippen LogP contribution in [0.15, 0.2) is 18.2 Å². The summed E-state index contributed by atoms with van der Waals surface area (Å²) in [5.41, 5.74) is 0.615. The van der Waals surface area contributed by atoms with Crippen LogP contribution in [0.25, 0.3) is 0 Å². The zero-order valence-corrected chi connectivity index (χ0v) is 9.01. The minimum atomic E-state index is -0.815. The van der Waals surface area contributed by atoms with Crippen LogP contribution in [0.5, 0.6) is 0 Å². The predicted octanol–water partition coefficient (Wildman–Crippen LogP) is 2.80. The Labute approximate surface area is 93.6 Å². The molecule has 2 nitrogen and oxygen atoms in total. The number of rotatable bonds is 3. The van der Waals surface area contributed by atoms with E-state index in [-0.39, 0.29) is 0 Å². The Morgan fingerprint density at radius 1 is 1.31 bits per heavy atom. The van der Waals surface area contributed by atoms with E-state index in [4.69, 9.17) is 4.74 Å². The third-order valence-electron chi connectivity index (χ3n) is 2.77. The average Bonchev–Trinajstić information content (AvgIpc) is 2.32. The van der Waals surface area contributed by atoms with Gasteiger partial charge in [-0.05, 0) is 37.0 Å². The fourth-order valence-corrected chi connectivity index (χ4v) is 1.84. The Morgan fingerprint density at radius 2 is 2.19 bits per heavy atom. The van der Waals surface area contributed by atoms with Crippen molar-refractivity contribution in [2.75, 3.05) is 25.1 Å². The van der Waals surface area contributed by atoms with Gasteiger partial charge in [-0.15, -0.1) is 0 Å². The number of benzene rings is 1. The molecular weight excluding hydrogens is 212 g/mol. The van der Waals surface area contributed by atoms with Crippen molar-refractivity contribution in [3.8, 4) is 0 Å². The van der Waals surface area contributed by atoms with Crippen molar-refractivity contribution < 1.29 is 13.5 Å². The summed E-state index contributed by atoms with van der Waals surface area (Å²) in [4.78, 5) is 0. The number of hydrogen-bond acceptors (Lipinski definition) is 2. The lowest BCUT2D eigenvalue weighted by Gasteiger charge is -2.22. The molecule has 1 aliphatic rings. The van der Waals surface area contributed by atoms with Crippen molar-refractivity contribution in [2.24, 2.45) is 5.92 Å². The average molecular weight is 227 g/mol. The van der Waals surface area contributed by atoms with Crippen molar-refractivity contribution in [3.05, 3.63) is 29.8 Å². The van der Waals surface area contributed by atoms with E-state index in [1.54, 1.807) is 6.07 Å². The van der Waals surface area contributed by atoms with Gasteiger partial charge in [0.1, 0.15) is 0 Å². The van der Waals surface area contributed by atoms with Crippen LogP contribution in [-0.2, 0) is 4.74 Å². The highest BCUT2D eigenvalue weighted by Crippen LogP contribution is 2.17. The second kappa shape index (κ2) is 5.25. The third kappa shape index (κ3) is 2.92. The molecule has 2 rings (SSSR count). The molecule has 1 atom stereocenters. The van der Waals surface area contributed by atoms with Crippen LogP contribution in [0.4, 0.5) is 14.5 Å². The predicted molar refractivity (Wildman–Crippen MR) is 58.4 cm³/mol. The first-order chi connectivity index (χ1) is 7.75. The summed E-state index contributed by atoms with van der Waals surface area (Å²) >= 11 is 0. The molecule has 1 aliphatic heterocycles. The maximum Gasteiger partial charge on any atom is 0.160 e. The molecule has 0 bridgehead atoms. The molecule has 0 radical (unpaired) electrons. The highest BCUT2D eigenvalue weighted by molar-refractivity contribution is 5.43. The Hall–Kier alpha value is -1.16. The van der Waals surface area contributed by atoms with Crippen molar-refractivity contribution in [1.29, 1.82) is 0 Å². The second-order valence-corrected chi connectivity index (χ2v) is 4.09. The molecule has 1 fully saturated rings. The monoisotopic (exact) mass is 227 g/mol. The fraction of sp³-hybridized carbons (Fsp3) is 0.500. The van der Waals surface area contributed by atoms with E-state index in [9.17, 15) is 8.78 Å². The summed E-state index contributed by atoms with van der Waals surface area (Å²) in [6.45, 7) is 2.32. The molecule has 0 spiro atoms. The van der Waals surface area contributed by atoms with E-state index in [2.05, 4.69) is 5.32 Å². The van der Waals surface area contributed by atoms with Crippen LogP contribution in [-0.4, -0.2) is 19.8 Å². The summed E-state index contributed by atoms with van der Waals surface area (Å²) in [5, 5.41) is 3.10. The van der Waals surface area contributed by atoms with Gasteiger partial charge in [0.2, 0.25) is 0 Å². The number of ether oxygens (including phenoxy) is 1. The summed E-state index contributed by atoms with van der Waals surface area (Å²) in [6, 6.07) is 3.86. The lowest BCUT2D eigenvalue weighted by atomic mass is 10.0. The Balaban J connectivity index is 1.86. The molecule has 16 heavy (non-hydrogen) atoms. The number of anilines is 1. The zero-order valence-electron chi connectivity index (χ0n) is 9.01. The molecule has 1 aromatic carbocycles. The first-order valence-electron chi connectivity index (χ1n) is 5.52. The smallest absolute Gasteiger partial charge is 0.160 e. The molecule has 4 heteroatoms. The molecule has 1 saturated heterocycles. The molecule has 88 valence electrons. The maximum atomic E-state index is 12.9.